The molecule has 45 heavy (non-hydrogen) atoms. The average Bonchev–Trinajstić information content (AvgIpc) is 3.74. The molecule has 1 saturated carbocycles. The number of piperazine rings is 1. The molecule has 4 aromatic rings. The minimum atomic E-state index is -4.74. The number of ether oxygens (including phenoxy) is 1. The highest BCUT2D eigenvalue weighted by Crippen LogP contribution is 2.45. The molecule has 1 aliphatic carbocycles. The standard InChI is InChI=1S/C32H34F3N5O4S/c1-19-18-38(28(22-5-6-22)23-9-13-25(14-10-23)45(4,42)43)15-16-39(19)31(41)26-17-36-40-29(32(33,34)35)20(2)27(37-30(26)40)21-7-11-24(44-3)12-8-21/h7-14,17,19,22,28H,5-6,15-16,18H2,1-4H3/t19-,28?/m1/s1. The predicted molar refractivity (Wildman–Crippen MR) is 162 cm³/mol. The third-order valence-electron chi connectivity index (χ3n) is 8.78. The number of aromatic nitrogens is 3. The van der Waals surface area contributed by atoms with Crippen LogP contribution in [0.25, 0.3) is 16.9 Å². The second kappa shape index (κ2) is 11.4. The van der Waals surface area contributed by atoms with E-state index in [0.29, 0.717) is 36.9 Å². The van der Waals surface area contributed by atoms with Crippen LogP contribution in [0.15, 0.2) is 59.6 Å². The molecule has 6 rings (SSSR count). The summed E-state index contributed by atoms with van der Waals surface area (Å²) in [5.74, 6) is 0.562. The van der Waals surface area contributed by atoms with E-state index in [4.69, 9.17) is 4.74 Å². The van der Waals surface area contributed by atoms with E-state index in [-0.39, 0.29) is 39.4 Å². The van der Waals surface area contributed by atoms with E-state index in [0.717, 1.165) is 22.9 Å². The van der Waals surface area contributed by atoms with E-state index in [9.17, 15) is 26.4 Å². The van der Waals surface area contributed by atoms with Gasteiger partial charge in [0.15, 0.2) is 21.2 Å². The van der Waals surface area contributed by atoms with Crippen molar-refractivity contribution in [3.8, 4) is 17.0 Å². The van der Waals surface area contributed by atoms with Crippen LogP contribution < -0.4 is 4.74 Å². The zero-order chi connectivity index (χ0) is 32.3. The van der Waals surface area contributed by atoms with Crippen molar-refractivity contribution >= 4 is 21.4 Å². The zero-order valence-corrected chi connectivity index (χ0v) is 26.2. The smallest absolute Gasteiger partial charge is 0.433 e. The minimum absolute atomic E-state index is 0.00525. The molecule has 2 fully saturated rings. The molecule has 0 spiro atoms. The highest BCUT2D eigenvalue weighted by atomic mass is 32.2. The quantitative estimate of drug-likeness (QED) is 0.266. The molecule has 9 nitrogen and oxygen atoms in total. The van der Waals surface area contributed by atoms with Crippen LogP contribution in [-0.4, -0.2) is 77.8 Å². The van der Waals surface area contributed by atoms with Crippen molar-refractivity contribution in [1.82, 2.24) is 24.4 Å². The lowest BCUT2D eigenvalue weighted by Gasteiger charge is -2.43. The number of amides is 1. The maximum Gasteiger partial charge on any atom is 0.433 e. The highest BCUT2D eigenvalue weighted by molar-refractivity contribution is 7.90. The summed E-state index contributed by atoms with van der Waals surface area (Å²) in [6.45, 7) is 4.75. The zero-order valence-electron chi connectivity index (χ0n) is 25.4. The molecular weight excluding hydrogens is 607 g/mol. The molecule has 0 radical (unpaired) electrons. The summed E-state index contributed by atoms with van der Waals surface area (Å²) < 4.78 is 73.0. The minimum Gasteiger partial charge on any atom is -0.497 e. The number of carbonyl (C=O) groups excluding carboxylic acids is 1. The second-order valence-corrected chi connectivity index (χ2v) is 13.9. The number of hydrogen-bond donors (Lipinski definition) is 0. The van der Waals surface area contributed by atoms with Gasteiger partial charge in [-0.15, -0.1) is 0 Å². The van der Waals surface area contributed by atoms with Crippen LogP contribution >= 0.6 is 0 Å². The second-order valence-electron chi connectivity index (χ2n) is 11.9. The Labute approximate surface area is 259 Å². The van der Waals surface area contributed by atoms with Crippen molar-refractivity contribution in [2.24, 2.45) is 5.92 Å². The Morgan fingerprint density at radius 3 is 2.27 bits per heavy atom. The summed E-state index contributed by atoms with van der Waals surface area (Å²) in [4.78, 5) is 22.8. The van der Waals surface area contributed by atoms with Crippen LogP contribution in [0.2, 0.25) is 0 Å². The van der Waals surface area contributed by atoms with Crippen molar-refractivity contribution in [3.05, 3.63) is 77.1 Å². The molecule has 1 unspecified atom stereocenters. The SMILES string of the molecule is COc1ccc(-c2nc3c(C(=O)N4CCN(C(c5ccc(S(C)(=O)=O)cc5)C5CC5)C[C@H]4C)cnn3c(C(F)(F)F)c2C)cc1. The number of methoxy groups -OCH3 is 1. The fourth-order valence-electron chi connectivity index (χ4n) is 6.39. The van der Waals surface area contributed by atoms with Gasteiger partial charge >= 0.3 is 6.18 Å². The Kier molecular flexibility index (Phi) is 7.88. The maximum atomic E-state index is 14.4. The van der Waals surface area contributed by atoms with Crippen LogP contribution in [0.3, 0.4) is 0 Å². The Hall–Kier alpha value is -3.97. The van der Waals surface area contributed by atoms with Crippen molar-refractivity contribution in [3.63, 3.8) is 0 Å². The third kappa shape index (κ3) is 5.90. The van der Waals surface area contributed by atoms with Crippen molar-refractivity contribution < 1.29 is 31.1 Å². The molecule has 2 aromatic carbocycles. The first-order valence-corrected chi connectivity index (χ1v) is 16.6. The fraction of sp³-hybridized carbons (Fsp3) is 0.406. The van der Waals surface area contributed by atoms with Gasteiger partial charge in [0, 0.05) is 49.1 Å². The summed E-state index contributed by atoms with van der Waals surface area (Å²) in [7, 11) is -1.81. The Morgan fingerprint density at radius 2 is 1.71 bits per heavy atom. The summed E-state index contributed by atoms with van der Waals surface area (Å²) in [6, 6.07) is 13.4. The molecule has 238 valence electrons. The molecule has 2 atom stereocenters. The highest BCUT2D eigenvalue weighted by Gasteiger charge is 2.42. The van der Waals surface area contributed by atoms with E-state index in [1.54, 1.807) is 41.3 Å². The van der Waals surface area contributed by atoms with Gasteiger partial charge < -0.3 is 9.64 Å². The van der Waals surface area contributed by atoms with Crippen molar-refractivity contribution in [2.75, 3.05) is 33.0 Å². The van der Waals surface area contributed by atoms with Gasteiger partial charge in [-0.3, -0.25) is 9.69 Å². The number of carbonyl (C=O) groups is 1. The summed E-state index contributed by atoms with van der Waals surface area (Å²) in [5, 5.41) is 4.00. The van der Waals surface area contributed by atoms with E-state index >= 15 is 0 Å². The molecule has 1 aliphatic heterocycles. The number of hydrogen-bond acceptors (Lipinski definition) is 7. The molecule has 1 amide bonds. The van der Waals surface area contributed by atoms with Crippen molar-refractivity contribution in [1.29, 1.82) is 0 Å². The van der Waals surface area contributed by atoms with E-state index in [2.05, 4.69) is 15.0 Å². The largest absolute Gasteiger partial charge is 0.497 e. The number of fused-ring (bicyclic) bond motifs is 1. The average molecular weight is 642 g/mol. The van der Waals surface area contributed by atoms with Gasteiger partial charge in [0.05, 0.1) is 23.9 Å². The number of benzene rings is 2. The number of alkyl halides is 3. The van der Waals surface area contributed by atoms with Gasteiger partial charge in [0.25, 0.3) is 5.91 Å². The number of nitrogens with zero attached hydrogens (tertiary/aromatic N) is 5. The maximum absolute atomic E-state index is 14.4. The normalized spacial score (nSPS) is 18.7. The first-order chi connectivity index (χ1) is 21.3. The Morgan fingerprint density at radius 1 is 1.04 bits per heavy atom. The van der Waals surface area contributed by atoms with Crippen molar-refractivity contribution in [2.45, 2.75) is 49.8 Å². The number of halogens is 3. The lowest BCUT2D eigenvalue weighted by atomic mass is 9.98. The monoisotopic (exact) mass is 641 g/mol. The van der Waals surface area contributed by atoms with Gasteiger partial charge in [-0.25, -0.2) is 17.9 Å². The Balaban J connectivity index is 1.30. The van der Waals surface area contributed by atoms with Crippen LogP contribution in [0.4, 0.5) is 13.2 Å². The molecule has 2 aliphatic rings. The summed E-state index contributed by atoms with van der Waals surface area (Å²) in [6.07, 6.45) is -0.250. The lowest BCUT2D eigenvalue weighted by Crippen LogP contribution is -2.55. The fourth-order valence-corrected chi connectivity index (χ4v) is 7.02. The van der Waals surface area contributed by atoms with Gasteiger partial charge in [-0.1, -0.05) is 12.1 Å². The van der Waals surface area contributed by atoms with Gasteiger partial charge in [0.2, 0.25) is 0 Å². The molecule has 3 heterocycles. The molecular formula is C32H34F3N5O4S. The summed E-state index contributed by atoms with van der Waals surface area (Å²) >= 11 is 0. The van der Waals surface area contributed by atoms with Gasteiger partial charge in [-0.2, -0.15) is 18.3 Å². The van der Waals surface area contributed by atoms with Gasteiger partial charge in [0.1, 0.15) is 11.3 Å². The topological polar surface area (TPSA) is 97.1 Å². The number of rotatable bonds is 7. The molecule has 1 saturated heterocycles. The molecule has 0 bridgehead atoms. The first kappa shape index (κ1) is 31.0. The van der Waals surface area contributed by atoms with Crippen LogP contribution in [0.1, 0.15) is 53.0 Å². The van der Waals surface area contributed by atoms with E-state index in [1.807, 2.05) is 19.1 Å². The predicted octanol–water partition coefficient (Wildman–Crippen LogP) is 5.43. The molecule has 13 heteroatoms. The van der Waals surface area contributed by atoms with Crippen LogP contribution in [0.5, 0.6) is 5.75 Å². The third-order valence-corrected chi connectivity index (χ3v) is 9.91. The molecule has 0 N–H and O–H groups in total. The van der Waals surface area contributed by atoms with Crippen LogP contribution in [-0.2, 0) is 16.0 Å². The van der Waals surface area contributed by atoms with E-state index in [1.165, 1.54) is 26.5 Å². The molecule has 2 aromatic heterocycles. The van der Waals surface area contributed by atoms with E-state index < -0.39 is 27.6 Å². The first-order valence-electron chi connectivity index (χ1n) is 14.7. The van der Waals surface area contributed by atoms with Crippen LogP contribution in [0, 0.1) is 12.8 Å². The van der Waals surface area contributed by atoms with Gasteiger partial charge in [-0.05, 0) is 74.6 Å². The lowest BCUT2D eigenvalue weighted by molar-refractivity contribution is -0.143. The number of sulfone groups is 1. The Bertz CT molecular complexity index is 1850. The summed E-state index contributed by atoms with van der Waals surface area (Å²) in [5.41, 5.74) is 0.373.